The van der Waals surface area contributed by atoms with Crippen molar-refractivity contribution in [2.45, 2.75) is 13.2 Å². The van der Waals surface area contributed by atoms with Crippen LogP contribution in [0.5, 0.6) is 5.75 Å². The first-order chi connectivity index (χ1) is 16.2. The molecule has 0 amide bonds. The third-order valence-corrected chi connectivity index (χ3v) is 6.09. The molecule has 0 aliphatic heterocycles. The highest BCUT2D eigenvalue weighted by Gasteiger charge is 2.18. The van der Waals surface area contributed by atoms with Crippen molar-refractivity contribution in [3.63, 3.8) is 0 Å². The molecule has 2 aromatic heterocycles. The topological polar surface area (TPSA) is 38.6 Å². The molecule has 4 nitrogen and oxygen atoms in total. The summed E-state index contributed by atoms with van der Waals surface area (Å²) in [5.74, 6) is 1.56. The highest BCUT2D eigenvalue weighted by Crippen LogP contribution is 2.35. The molecular weight excluding hydrogens is 453 g/mol. The van der Waals surface area contributed by atoms with Crippen molar-refractivity contribution in [3.05, 3.63) is 118 Å². The van der Waals surface area contributed by atoms with Gasteiger partial charge in [0.05, 0.1) is 10.0 Å². The largest absolute Gasteiger partial charge is 0.485 e. The lowest BCUT2D eigenvalue weighted by atomic mass is 10.1. The number of halogens is 2. The fraction of sp³-hybridized carbons (Fsp3) is 0.0741. The van der Waals surface area contributed by atoms with Gasteiger partial charge in [-0.3, -0.25) is 4.40 Å². The first-order valence-electron chi connectivity index (χ1n) is 10.6. The van der Waals surface area contributed by atoms with E-state index in [0.717, 1.165) is 28.3 Å². The number of nitrogens with one attached hydrogen (secondary N) is 1. The van der Waals surface area contributed by atoms with Gasteiger partial charge in [0.2, 0.25) is 0 Å². The molecule has 0 fully saturated rings. The lowest BCUT2D eigenvalue weighted by molar-refractivity contribution is 0.308. The van der Waals surface area contributed by atoms with Crippen molar-refractivity contribution >= 4 is 34.7 Å². The van der Waals surface area contributed by atoms with Crippen LogP contribution in [0.2, 0.25) is 10.0 Å². The fourth-order valence-corrected chi connectivity index (χ4v) is 3.98. The Balaban J connectivity index is 1.56. The van der Waals surface area contributed by atoms with E-state index >= 15 is 0 Å². The zero-order valence-electron chi connectivity index (χ0n) is 17.7. The van der Waals surface area contributed by atoms with Gasteiger partial charge in [-0.1, -0.05) is 89.9 Å². The smallest absolute Gasteiger partial charge is 0.181 e. The van der Waals surface area contributed by atoms with E-state index in [-0.39, 0.29) is 0 Å². The number of hydrogen-bond acceptors (Lipinski definition) is 3. The summed E-state index contributed by atoms with van der Waals surface area (Å²) in [5.41, 5.74) is 4.64. The Bertz CT molecular complexity index is 1390. The maximum Gasteiger partial charge on any atom is 0.181 e. The number of benzene rings is 3. The van der Waals surface area contributed by atoms with Crippen LogP contribution in [0, 0.1) is 0 Å². The maximum atomic E-state index is 6.32. The average molecular weight is 474 g/mol. The van der Waals surface area contributed by atoms with Crippen LogP contribution in [-0.4, -0.2) is 9.38 Å². The molecule has 0 unspecified atom stereocenters. The molecule has 164 valence electrons. The second-order valence-electron chi connectivity index (χ2n) is 7.62. The summed E-state index contributed by atoms with van der Waals surface area (Å²) in [4.78, 5) is 4.95. The molecule has 5 aromatic rings. The first kappa shape index (κ1) is 21.4. The minimum absolute atomic E-state index is 0.461. The van der Waals surface area contributed by atoms with Crippen LogP contribution >= 0.6 is 23.2 Å². The number of nitrogens with zero attached hydrogens (tertiary/aromatic N) is 2. The third kappa shape index (κ3) is 4.68. The van der Waals surface area contributed by atoms with E-state index in [1.54, 1.807) is 6.07 Å². The molecule has 0 aliphatic rings. The molecular formula is C27H21Cl2N3O. The molecule has 5 rings (SSSR count). The van der Waals surface area contributed by atoms with E-state index in [0.29, 0.717) is 28.9 Å². The minimum atomic E-state index is 0.461. The first-order valence-corrected chi connectivity index (χ1v) is 11.4. The molecule has 6 heteroatoms. The molecule has 1 N–H and O–H groups in total. The number of rotatable bonds is 7. The Hall–Kier alpha value is -3.47. The van der Waals surface area contributed by atoms with Crippen molar-refractivity contribution in [1.29, 1.82) is 0 Å². The van der Waals surface area contributed by atoms with Crippen LogP contribution in [0.15, 0.2) is 97.2 Å². The van der Waals surface area contributed by atoms with Gasteiger partial charge in [0.25, 0.3) is 0 Å². The number of aromatic nitrogens is 2. The van der Waals surface area contributed by atoms with Gasteiger partial charge < -0.3 is 10.1 Å². The fourth-order valence-electron chi connectivity index (χ4n) is 3.69. The highest BCUT2D eigenvalue weighted by molar-refractivity contribution is 6.42. The summed E-state index contributed by atoms with van der Waals surface area (Å²) in [5, 5.41) is 4.55. The summed E-state index contributed by atoms with van der Waals surface area (Å²) < 4.78 is 8.17. The number of imidazole rings is 1. The maximum absolute atomic E-state index is 6.32. The second-order valence-corrected chi connectivity index (χ2v) is 8.43. The quantitative estimate of drug-likeness (QED) is 0.266. The molecule has 0 radical (unpaired) electrons. The van der Waals surface area contributed by atoms with Crippen molar-refractivity contribution in [1.82, 2.24) is 9.38 Å². The van der Waals surface area contributed by atoms with Crippen LogP contribution in [0.4, 0.5) is 5.82 Å². The molecule has 0 aliphatic carbocycles. The zero-order chi connectivity index (χ0) is 22.6. The van der Waals surface area contributed by atoms with Gasteiger partial charge >= 0.3 is 0 Å². The lowest BCUT2D eigenvalue weighted by Crippen LogP contribution is -2.04. The predicted molar refractivity (Wildman–Crippen MR) is 135 cm³/mol. The van der Waals surface area contributed by atoms with Crippen LogP contribution in [-0.2, 0) is 13.2 Å². The molecule has 2 heterocycles. The summed E-state index contributed by atoms with van der Waals surface area (Å²) in [6.07, 6.45) is 1.98. The number of fused-ring (bicyclic) bond motifs is 1. The number of pyridine rings is 1. The molecule has 0 spiro atoms. The normalized spacial score (nSPS) is 11.0. The Morgan fingerprint density at radius 3 is 2.24 bits per heavy atom. The monoisotopic (exact) mass is 473 g/mol. The molecule has 0 bridgehead atoms. The van der Waals surface area contributed by atoms with Gasteiger partial charge in [-0.2, -0.15) is 0 Å². The van der Waals surface area contributed by atoms with Gasteiger partial charge in [-0.25, -0.2) is 4.98 Å². The number of hydrogen-bond donors (Lipinski definition) is 1. The predicted octanol–water partition coefficient (Wildman–Crippen LogP) is 7.50. The average Bonchev–Trinajstić information content (AvgIpc) is 3.23. The molecule has 0 saturated heterocycles. The lowest BCUT2D eigenvalue weighted by Gasteiger charge is -2.11. The van der Waals surface area contributed by atoms with Crippen LogP contribution in [0.25, 0.3) is 16.9 Å². The number of anilines is 1. The zero-order valence-corrected chi connectivity index (χ0v) is 19.2. The highest BCUT2D eigenvalue weighted by atomic mass is 35.5. The van der Waals surface area contributed by atoms with E-state index in [1.807, 2.05) is 83.4 Å². The van der Waals surface area contributed by atoms with E-state index < -0.39 is 0 Å². The van der Waals surface area contributed by atoms with Gasteiger partial charge in [0.15, 0.2) is 11.4 Å². The Kier molecular flexibility index (Phi) is 6.20. The van der Waals surface area contributed by atoms with Gasteiger partial charge in [-0.15, -0.1) is 0 Å². The summed E-state index contributed by atoms with van der Waals surface area (Å²) in [6.45, 7) is 1.11. The SMILES string of the molecule is Clc1ccc(-c2nc3c(OCc4ccccc4)cccn3c2NCc2ccccc2)cc1Cl. The summed E-state index contributed by atoms with van der Waals surface area (Å²) in [6, 6.07) is 29.8. The third-order valence-electron chi connectivity index (χ3n) is 5.35. The number of ether oxygens (including phenoxy) is 1. The minimum Gasteiger partial charge on any atom is -0.485 e. The van der Waals surface area contributed by atoms with Crippen molar-refractivity contribution in [2.24, 2.45) is 0 Å². The van der Waals surface area contributed by atoms with Crippen molar-refractivity contribution in [2.75, 3.05) is 5.32 Å². The molecule has 0 atom stereocenters. The second kappa shape index (κ2) is 9.57. The van der Waals surface area contributed by atoms with E-state index in [1.165, 1.54) is 5.56 Å². The van der Waals surface area contributed by atoms with E-state index in [4.69, 9.17) is 32.9 Å². The van der Waals surface area contributed by atoms with Gasteiger partial charge in [0, 0.05) is 18.3 Å². The summed E-state index contributed by atoms with van der Waals surface area (Å²) >= 11 is 12.5. The van der Waals surface area contributed by atoms with Crippen molar-refractivity contribution < 1.29 is 4.74 Å². The summed E-state index contributed by atoms with van der Waals surface area (Å²) in [7, 11) is 0. The molecule has 33 heavy (non-hydrogen) atoms. The molecule has 3 aromatic carbocycles. The van der Waals surface area contributed by atoms with Crippen molar-refractivity contribution in [3.8, 4) is 17.0 Å². The van der Waals surface area contributed by atoms with Gasteiger partial charge in [-0.05, 0) is 35.4 Å². The standard InChI is InChI=1S/C27H21Cl2N3O/c28-22-14-13-21(16-23(22)29)25-27(30-17-19-8-3-1-4-9-19)32-15-7-12-24(26(32)31-25)33-18-20-10-5-2-6-11-20/h1-16,30H,17-18H2. The van der Waals surface area contributed by atoms with E-state index in [2.05, 4.69) is 17.4 Å². The Morgan fingerprint density at radius 1 is 0.788 bits per heavy atom. The molecule has 0 saturated carbocycles. The Morgan fingerprint density at radius 2 is 1.52 bits per heavy atom. The van der Waals surface area contributed by atoms with E-state index in [9.17, 15) is 0 Å². The van der Waals surface area contributed by atoms with Crippen LogP contribution < -0.4 is 10.1 Å². The Labute approximate surface area is 202 Å². The van der Waals surface area contributed by atoms with Gasteiger partial charge in [0.1, 0.15) is 18.1 Å². The van der Waals surface area contributed by atoms with Crippen LogP contribution in [0.3, 0.4) is 0 Å². The van der Waals surface area contributed by atoms with Crippen LogP contribution in [0.1, 0.15) is 11.1 Å².